The molecular weight excluding hydrogens is 390 g/mol. The van der Waals surface area contributed by atoms with Crippen molar-refractivity contribution in [1.29, 1.82) is 0 Å². The average Bonchev–Trinajstić information content (AvgIpc) is 2.67. The van der Waals surface area contributed by atoms with Crippen molar-refractivity contribution in [3.8, 4) is 0 Å². The van der Waals surface area contributed by atoms with Crippen molar-refractivity contribution in [1.82, 2.24) is 15.0 Å². The van der Waals surface area contributed by atoms with Crippen LogP contribution in [-0.2, 0) is 6.54 Å². The Hall–Kier alpha value is -2.99. The van der Waals surface area contributed by atoms with Crippen LogP contribution < -0.4 is 10.6 Å². The van der Waals surface area contributed by atoms with Gasteiger partial charge in [-0.05, 0) is 48.0 Å². The zero-order chi connectivity index (χ0) is 17.8. The summed E-state index contributed by atoms with van der Waals surface area (Å²) in [6.45, 7) is 0.710. The fraction of sp³-hybridized carbons (Fsp3) is 0.0500. The molecule has 5 nitrogen and oxygen atoms in total. The molecule has 0 radical (unpaired) electrons. The molecule has 0 fully saturated rings. The fourth-order valence-electron chi connectivity index (χ4n) is 2.68. The summed E-state index contributed by atoms with van der Waals surface area (Å²) >= 11 is 3.49. The molecule has 2 heterocycles. The molecular formula is C20H16BrN5. The Labute approximate surface area is 159 Å². The average molecular weight is 406 g/mol. The lowest BCUT2D eigenvalue weighted by Gasteiger charge is -2.11. The second kappa shape index (κ2) is 7.49. The lowest BCUT2D eigenvalue weighted by atomic mass is 10.2. The van der Waals surface area contributed by atoms with Crippen LogP contribution in [0, 0.1) is 0 Å². The van der Waals surface area contributed by atoms with E-state index in [0.717, 1.165) is 38.1 Å². The summed E-state index contributed by atoms with van der Waals surface area (Å²) in [4.78, 5) is 12.9. The molecule has 0 saturated heterocycles. The van der Waals surface area contributed by atoms with E-state index >= 15 is 0 Å². The van der Waals surface area contributed by atoms with Gasteiger partial charge in [-0.25, -0.2) is 9.97 Å². The molecule has 128 valence electrons. The van der Waals surface area contributed by atoms with Gasteiger partial charge in [0.05, 0.1) is 5.52 Å². The number of hydrogen-bond acceptors (Lipinski definition) is 5. The Morgan fingerprint density at radius 3 is 2.73 bits per heavy atom. The zero-order valence-electron chi connectivity index (χ0n) is 13.9. The molecule has 4 aromatic rings. The summed E-state index contributed by atoms with van der Waals surface area (Å²) in [5, 5.41) is 7.75. The van der Waals surface area contributed by atoms with Gasteiger partial charge in [-0.3, -0.25) is 4.98 Å². The molecule has 2 N–H and O–H groups in total. The molecule has 6 heteroatoms. The van der Waals surface area contributed by atoms with E-state index in [1.54, 1.807) is 12.5 Å². The number of nitrogens with one attached hydrogen (secondary N) is 2. The van der Waals surface area contributed by atoms with Crippen molar-refractivity contribution < 1.29 is 0 Å². The molecule has 2 aromatic heterocycles. The summed E-state index contributed by atoms with van der Waals surface area (Å²) in [6, 6.07) is 18.0. The van der Waals surface area contributed by atoms with Crippen LogP contribution in [0.2, 0.25) is 0 Å². The molecule has 0 unspecified atom stereocenters. The summed E-state index contributed by atoms with van der Waals surface area (Å²) in [7, 11) is 0. The second-order valence-corrected chi connectivity index (χ2v) is 6.72. The smallest absolute Gasteiger partial charge is 0.141 e. The highest BCUT2D eigenvalue weighted by molar-refractivity contribution is 9.10. The van der Waals surface area contributed by atoms with Crippen molar-refractivity contribution in [2.75, 3.05) is 10.6 Å². The number of nitrogens with zero attached hydrogens (tertiary/aromatic N) is 3. The third kappa shape index (κ3) is 3.81. The quantitative estimate of drug-likeness (QED) is 0.480. The minimum Gasteiger partial charge on any atom is -0.381 e. The topological polar surface area (TPSA) is 62.7 Å². The Kier molecular flexibility index (Phi) is 4.75. The van der Waals surface area contributed by atoms with Gasteiger partial charge in [-0.15, -0.1) is 0 Å². The number of halogens is 1. The Balaban J connectivity index is 1.61. The third-order valence-corrected chi connectivity index (χ3v) is 4.44. The predicted octanol–water partition coefficient (Wildman–Crippen LogP) is 5.14. The van der Waals surface area contributed by atoms with Crippen LogP contribution in [-0.4, -0.2) is 15.0 Å². The van der Waals surface area contributed by atoms with E-state index < -0.39 is 0 Å². The minimum absolute atomic E-state index is 0.710. The molecule has 0 aliphatic carbocycles. The largest absolute Gasteiger partial charge is 0.381 e. The summed E-state index contributed by atoms with van der Waals surface area (Å²) in [5.41, 5.74) is 4.00. The standard InChI is InChI=1S/C20H16BrN5/c21-15-4-1-5-17(9-15)26-20-18-10-16(6-7-19(18)24-13-25-20)23-12-14-3-2-8-22-11-14/h1-11,13,23H,12H2,(H,24,25,26). The zero-order valence-corrected chi connectivity index (χ0v) is 15.4. The fourth-order valence-corrected chi connectivity index (χ4v) is 3.08. The number of pyridine rings is 1. The molecule has 2 aromatic carbocycles. The molecule has 0 atom stereocenters. The van der Waals surface area contributed by atoms with Gasteiger partial charge in [-0.2, -0.15) is 0 Å². The van der Waals surface area contributed by atoms with Crippen molar-refractivity contribution in [3.05, 3.63) is 83.4 Å². The van der Waals surface area contributed by atoms with E-state index in [1.807, 2.05) is 54.7 Å². The van der Waals surface area contributed by atoms with Gasteiger partial charge in [0, 0.05) is 40.2 Å². The van der Waals surface area contributed by atoms with Crippen LogP contribution in [0.25, 0.3) is 10.9 Å². The van der Waals surface area contributed by atoms with Gasteiger partial charge in [-0.1, -0.05) is 28.1 Å². The van der Waals surface area contributed by atoms with Gasteiger partial charge in [0.1, 0.15) is 12.1 Å². The van der Waals surface area contributed by atoms with E-state index in [1.165, 1.54) is 0 Å². The van der Waals surface area contributed by atoms with Crippen molar-refractivity contribution >= 4 is 44.0 Å². The minimum atomic E-state index is 0.710. The first-order chi connectivity index (χ1) is 12.8. The lowest BCUT2D eigenvalue weighted by molar-refractivity contribution is 1.11. The summed E-state index contributed by atoms with van der Waals surface area (Å²) in [5.74, 6) is 0.776. The monoisotopic (exact) mass is 405 g/mol. The van der Waals surface area contributed by atoms with Gasteiger partial charge in [0.15, 0.2) is 0 Å². The molecule has 0 bridgehead atoms. The first-order valence-electron chi connectivity index (χ1n) is 8.18. The maximum atomic E-state index is 4.42. The number of rotatable bonds is 5. The maximum absolute atomic E-state index is 4.42. The highest BCUT2D eigenvalue weighted by Crippen LogP contribution is 2.27. The first kappa shape index (κ1) is 16.5. The molecule has 0 aliphatic heterocycles. The number of fused-ring (bicyclic) bond motifs is 1. The Morgan fingerprint density at radius 1 is 0.923 bits per heavy atom. The first-order valence-corrected chi connectivity index (χ1v) is 8.97. The predicted molar refractivity (Wildman–Crippen MR) is 109 cm³/mol. The van der Waals surface area contributed by atoms with E-state index in [-0.39, 0.29) is 0 Å². The highest BCUT2D eigenvalue weighted by atomic mass is 79.9. The van der Waals surface area contributed by atoms with Crippen LogP contribution >= 0.6 is 15.9 Å². The van der Waals surface area contributed by atoms with Gasteiger partial charge >= 0.3 is 0 Å². The van der Waals surface area contributed by atoms with Crippen LogP contribution in [0.4, 0.5) is 17.2 Å². The SMILES string of the molecule is Brc1cccc(Nc2ncnc3ccc(NCc4cccnc4)cc23)c1. The van der Waals surface area contributed by atoms with Crippen molar-refractivity contribution in [2.45, 2.75) is 6.54 Å². The van der Waals surface area contributed by atoms with Gasteiger partial charge < -0.3 is 10.6 Å². The molecule has 0 aliphatic rings. The molecule has 0 amide bonds. The summed E-state index contributed by atoms with van der Waals surface area (Å²) in [6.07, 6.45) is 5.21. The lowest BCUT2D eigenvalue weighted by Crippen LogP contribution is -2.01. The second-order valence-electron chi connectivity index (χ2n) is 5.80. The summed E-state index contributed by atoms with van der Waals surface area (Å²) < 4.78 is 1.01. The Morgan fingerprint density at radius 2 is 1.88 bits per heavy atom. The normalized spacial score (nSPS) is 10.7. The Bertz CT molecular complexity index is 1040. The van der Waals surface area contributed by atoms with Crippen molar-refractivity contribution in [2.24, 2.45) is 0 Å². The highest BCUT2D eigenvalue weighted by Gasteiger charge is 2.06. The van der Waals surface area contributed by atoms with Crippen LogP contribution in [0.1, 0.15) is 5.56 Å². The molecule has 0 spiro atoms. The third-order valence-electron chi connectivity index (χ3n) is 3.94. The number of hydrogen-bond donors (Lipinski definition) is 2. The maximum Gasteiger partial charge on any atom is 0.141 e. The van der Waals surface area contributed by atoms with Crippen LogP contribution in [0.15, 0.2) is 77.8 Å². The van der Waals surface area contributed by atoms with E-state index in [9.17, 15) is 0 Å². The van der Waals surface area contributed by atoms with E-state index in [4.69, 9.17) is 0 Å². The number of benzene rings is 2. The van der Waals surface area contributed by atoms with Gasteiger partial charge in [0.25, 0.3) is 0 Å². The van der Waals surface area contributed by atoms with Gasteiger partial charge in [0.2, 0.25) is 0 Å². The van der Waals surface area contributed by atoms with E-state index in [2.05, 4.69) is 47.6 Å². The van der Waals surface area contributed by atoms with Crippen LogP contribution in [0.5, 0.6) is 0 Å². The number of anilines is 3. The van der Waals surface area contributed by atoms with E-state index in [0.29, 0.717) is 6.54 Å². The van der Waals surface area contributed by atoms with Crippen molar-refractivity contribution in [3.63, 3.8) is 0 Å². The molecule has 26 heavy (non-hydrogen) atoms. The van der Waals surface area contributed by atoms with Crippen LogP contribution in [0.3, 0.4) is 0 Å². The molecule has 0 saturated carbocycles. The molecule has 4 rings (SSSR count). The number of aromatic nitrogens is 3.